The molecule has 0 heterocycles. The second-order valence-corrected chi connectivity index (χ2v) is 5.61. The molecule has 2 N–H and O–H groups in total. The predicted octanol–water partition coefficient (Wildman–Crippen LogP) is 2.73. The summed E-state index contributed by atoms with van der Waals surface area (Å²) in [5.41, 5.74) is -1.16. The third kappa shape index (κ3) is 3.48. The number of phenols is 1. The van der Waals surface area contributed by atoms with Gasteiger partial charge < -0.3 is 15.1 Å². The summed E-state index contributed by atoms with van der Waals surface area (Å²) in [5, 5.41) is 20.9. The summed E-state index contributed by atoms with van der Waals surface area (Å²) in [6, 6.07) is 0.242. The molecule has 0 saturated heterocycles. The molecule has 0 aliphatic heterocycles. The number of benzene rings is 1. The highest BCUT2D eigenvalue weighted by Crippen LogP contribution is 2.40. The average molecular weight is 267 g/mol. The van der Waals surface area contributed by atoms with Crippen molar-refractivity contribution in [1.82, 2.24) is 4.90 Å². The second-order valence-electron chi connectivity index (χ2n) is 5.61. The van der Waals surface area contributed by atoms with Crippen LogP contribution < -0.4 is 0 Å². The van der Waals surface area contributed by atoms with Crippen molar-refractivity contribution < 1.29 is 15.7 Å². The Labute approximate surface area is 121 Å². The fraction of sp³-hybridized carbons (Fsp3) is 0.625. The van der Waals surface area contributed by atoms with E-state index >= 15 is 0 Å². The maximum Gasteiger partial charge on any atom is 0.115 e. The molecule has 1 aliphatic rings. The summed E-state index contributed by atoms with van der Waals surface area (Å²) >= 11 is 0. The first-order valence-electron chi connectivity index (χ1n) is 8.80. The zero-order valence-corrected chi connectivity index (χ0v) is 11.7. The van der Waals surface area contributed by atoms with Crippen LogP contribution in [0.5, 0.6) is 5.75 Å². The van der Waals surface area contributed by atoms with Crippen molar-refractivity contribution in [1.29, 1.82) is 0 Å². The van der Waals surface area contributed by atoms with Crippen molar-refractivity contribution in [3.05, 3.63) is 29.8 Å². The zero-order valence-electron chi connectivity index (χ0n) is 15.7. The lowest BCUT2D eigenvalue weighted by Gasteiger charge is -2.40. The van der Waals surface area contributed by atoms with Gasteiger partial charge in [-0.05, 0) is 44.6 Å². The minimum Gasteiger partial charge on any atom is -0.508 e. The van der Waals surface area contributed by atoms with E-state index in [1.54, 1.807) is 19.0 Å². The van der Waals surface area contributed by atoms with Crippen molar-refractivity contribution in [3.63, 3.8) is 0 Å². The van der Waals surface area contributed by atoms with E-state index < -0.39 is 23.3 Å². The molecular formula is C16H25NO2. The highest BCUT2D eigenvalue weighted by atomic mass is 16.3. The molecule has 1 fully saturated rings. The summed E-state index contributed by atoms with van der Waals surface area (Å²) in [4.78, 5) is 1.78. The number of hydrogen-bond donors (Lipinski definition) is 2. The Hall–Kier alpha value is -1.06. The first kappa shape index (κ1) is 9.78. The van der Waals surface area contributed by atoms with E-state index in [0.29, 0.717) is 12.8 Å². The molecule has 3 heteroatoms. The Kier molecular flexibility index (Phi) is 3.05. The molecule has 0 bridgehead atoms. The minimum absolute atomic E-state index is 0.142. The quantitative estimate of drug-likeness (QED) is 0.881. The molecule has 1 aliphatic carbocycles. The molecule has 0 amide bonds. The number of nitrogens with zero attached hydrogens (tertiary/aromatic N) is 1. The standard InChI is InChI=1S/C16H25NO2/c1-17(2)12-15(13-6-8-14(18)9-7-13)16(19)10-4-3-5-11-16/h6-9,15,18-19H,3-5,10-12H2,1-2H3/i6D,8D,9D,15D. The van der Waals surface area contributed by atoms with Gasteiger partial charge in [-0.1, -0.05) is 31.4 Å². The van der Waals surface area contributed by atoms with E-state index in [4.69, 9.17) is 5.48 Å². The van der Waals surface area contributed by atoms with Crippen molar-refractivity contribution >= 4 is 0 Å². The highest BCUT2D eigenvalue weighted by molar-refractivity contribution is 5.30. The van der Waals surface area contributed by atoms with Gasteiger partial charge in [0.25, 0.3) is 0 Å². The molecule has 3 nitrogen and oxygen atoms in total. The molecule has 1 aromatic carbocycles. The van der Waals surface area contributed by atoms with Crippen LogP contribution in [0.25, 0.3) is 0 Å². The molecule has 0 aromatic heterocycles. The molecule has 19 heavy (non-hydrogen) atoms. The highest BCUT2D eigenvalue weighted by Gasteiger charge is 2.38. The Morgan fingerprint density at radius 2 is 2.00 bits per heavy atom. The molecule has 1 saturated carbocycles. The molecule has 0 spiro atoms. The number of phenolic OH excluding ortho intramolecular Hbond substituents is 1. The van der Waals surface area contributed by atoms with Gasteiger partial charge in [-0.25, -0.2) is 0 Å². The molecule has 1 atom stereocenters. The summed E-state index contributed by atoms with van der Waals surface area (Å²) in [5.74, 6) is -2.07. The summed E-state index contributed by atoms with van der Waals surface area (Å²) in [6.07, 6.45) is 3.57. The Morgan fingerprint density at radius 1 is 1.32 bits per heavy atom. The third-order valence-electron chi connectivity index (χ3n) is 3.71. The lowest BCUT2D eigenvalue weighted by molar-refractivity contribution is -0.0277. The topological polar surface area (TPSA) is 43.7 Å². The smallest absolute Gasteiger partial charge is 0.115 e. The Balaban J connectivity index is 2.64. The van der Waals surface area contributed by atoms with Gasteiger partial charge in [0.2, 0.25) is 0 Å². The fourth-order valence-electron chi connectivity index (χ4n) is 2.74. The number of rotatable bonds is 4. The lowest BCUT2D eigenvalue weighted by atomic mass is 9.72. The number of aliphatic hydroxyl groups is 1. The molecule has 1 aromatic rings. The summed E-state index contributed by atoms with van der Waals surface area (Å²) in [6.45, 7) is 0.180. The largest absolute Gasteiger partial charge is 0.508 e. The lowest BCUT2D eigenvalue weighted by Crippen LogP contribution is -2.42. The molecular weight excluding hydrogens is 238 g/mol. The van der Waals surface area contributed by atoms with Crippen LogP contribution in [0.4, 0.5) is 0 Å². The van der Waals surface area contributed by atoms with E-state index in [2.05, 4.69) is 0 Å². The fourth-order valence-corrected chi connectivity index (χ4v) is 2.74. The van der Waals surface area contributed by atoms with Gasteiger partial charge in [0, 0.05) is 13.8 Å². The van der Waals surface area contributed by atoms with Crippen LogP contribution in [0.15, 0.2) is 24.2 Å². The third-order valence-corrected chi connectivity index (χ3v) is 3.71. The van der Waals surface area contributed by atoms with Gasteiger partial charge in [0.15, 0.2) is 0 Å². The van der Waals surface area contributed by atoms with Crippen molar-refractivity contribution in [3.8, 4) is 5.75 Å². The van der Waals surface area contributed by atoms with Gasteiger partial charge >= 0.3 is 0 Å². The van der Waals surface area contributed by atoms with Crippen LogP contribution in [0.3, 0.4) is 0 Å². The maximum atomic E-state index is 11.2. The minimum atomic E-state index is -1.52. The first-order valence-corrected chi connectivity index (χ1v) is 6.80. The van der Waals surface area contributed by atoms with E-state index in [-0.39, 0.29) is 24.2 Å². The van der Waals surface area contributed by atoms with E-state index in [1.165, 1.54) is 6.07 Å². The van der Waals surface area contributed by atoms with Crippen LogP contribution in [-0.4, -0.2) is 41.4 Å². The number of hydrogen-bond acceptors (Lipinski definition) is 3. The molecule has 0 radical (unpaired) electrons. The average Bonchev–Trinajstić information content (AvgIpc) is 2.48. The Morgan fingerprint density at radius 3 is 2.63 bits per heavy atom. The van der Waals surface area contributed by atoms with Crippen LogP contribution in [0.2, 0.25) is 0 Å². The summed E-state index contributed by atoms with van der Waals surface area (Å²) < 4.78 is 32.8. The Bertz CT molecular complexity index is 588. The van der Waals surface area contributed by atoms with Crippen LogP contribution in [-0.2, 0) is 0 Å². The van der Waals surface area contributed by atoms with Gasteiger partial charge in [-0.15, -0.1) is 0 Å². The summed E-state index contributed by atoms with van der Waals surface area (Å²) in [7, 11) is 3.59. The predicted molar refractivity (Wildman–Crippen MR) is 77.4 cm³/mol. The van der Waals surface area contributed by atoms with Gasteiger partial charge in [-0.3, -0.25) is 0 Å². The van der Waals surface area contributed by atoms with E-state index in [0.717, 1.165) is 19.3 Å². The van der Waals surface area contributed by atoms with Crippen LogP contribution in [0, 0.1) is 0 Å². The normalized spacial score (nSPS) is 25.1. The van der Waals surface area contributed by atoms with Crippen LogP contribution >= 0.6 is 0 Å². The van der Waals surface area contributed by atoms with Crippen molar-refractivity contribution in [2.24, 2.45) is 0 Å². The van der Waals surface area contributed by atoms with Crippen molar-refractivity contribution in [2.75, 3.05) is 20.6 Å². The number of aromatic hydroxyl groups is 1. The molecule has 2 rings (SSSR count). The van der Waals surface area contributed by atoms with Crippen molar-refractivity contribution in [2.45, 2.75) is 43.6 Å². The van der Waals surface area contributed by atoms with E-state index in [9.17, 15) is 10.2 Å². The van der Waals surface area contributed by atoms with Crippen LogP contribution in [0.1, 0.15) is 49.0 Å². The first-order chi connectivity index (χ1) is 10.6. The second kappa shape index (κ2) is 5.93. The van der Waals surface area contributed by atoms with Gasteiger partial charge in [0.1, 0.15) is 5.75 Å². The zero-order chi connectivity index (χ0) is 17.4. The molecule has 1 unspecified atom stereocenters. The monoisotopic (exact) mass is 267 g/mol. The van der Waals surface area contributed by atoms with Gasteiger partial charge in [-0.2, -0.15) is 0 Å². The molecule has 106 valence electrons. The van der Waals surface area contributed by atoms with Gasteiger partial charge in [0.05, 0.1) is 9.71 Å². The van der Waals surface area contributed by atoms with E-state index in [1.807, 2.05) is 0 Å². The number of likely N-dealkylation sites (N-methyl/N-ethyl adjacent to an activating group) is 1. The maximum absolute atomic E-state index is 11.2. The SMILES string of the molecule is [2H]c1cc(C([2H])(CN(C)C)C2(O)CCCCC2)c([2H])c([2H])c1O.